The first-order valence-electron chi connectivity index (χ1n) is 4.84. The summed E-state index contributed by atoms with van der Waals surface area (Å²) >= 11 is 0. The van der Waals surface area contributed by atoms with Gasteiger partial charge in [-0.15, -0.1) is 0 Å². The summed E-state index contributed by atoms with van der Waals surface area (Å²) in [6.45, 7) is 0. The Balaban J connectivity index is 2.60. The van der Waals surface area contributed by atoms with Gasteiger partial charge in [-0.05, 0) is 17.7 Å². The van der Waals surface area contributed by atoms with E-state index in [-0.39, 0.29) is 5.69 Å². The summed E-state index contributed by atoms with van der Waals surface area (Å²) in [5.74, 6) is -1.70. The molecule has 0 bridgehead atoms. The molecular weight excluding hydrogens is 240 g/mol. The Morgan fingerprint density at radius 2 is 1.89 bits per heavy atom. The van der Waals surface area contributed by atoms with E-state index in [0.717, 1.165) is 0 Å². The van der Waals surface area contributed by atoms with E-state index in [1.165, 1.54) is 37.5 Å². The molecule has 0 saturated heterocycles. The third-order valence-electron chi connectivity index (χ3n) is 1.92. The van der Waals surface area contributed by atoms with E-state index >= 15 is 0 Å². The number of rotatable bonds is 3. The summed E-state index contributed by atoms with van der Waals surface area (Å²) in [7, 11) is 1.32. The molecule has 2 N–H and O–H groups in total. The summed E-state index contributed by atoms with van der Waals surface area (Å²) in [4.78, 5) is 31.7. The highest BCUT2D eigenvalue weighted by atomic mass is 16.6. The molecule has 0 aliphatic carbocycles. The van der Waals surface area contributed by atoms with Gasteiger partial charge in [0, 0.05) is 19.2 Å². The quantitative estimate of drug-likeness (QED) is 0.334. The molecule has 0 heterocycles. The lowest BCUT2D eigenvalue weighted by atomic mass is 10.2. The molecular formula is C10H10N4O4. The van der Waals surface area contributed by atoms with Crippen molar-refractivity contribution >= 4 is 23.7 Å². The van der Waals surface area contributed by atoms with Gasteiger partial charge in [0.1, 0.15) is 0 Å². The number of hydrogen-bond acceptors (Lipinski definition) is 5. The molecule has 94 valence electrons. The molecule has 0 radical (unpaired) electrons. The van der Waals surface area contributed by atoms with Gasteiger partial charge in [-0.25, -0.2) is 5.43 Å². The molecule has 2 amide bonds. The molecule has 0 aliphatic rings. The lowest BCUT2D eigenvalue weighted by molar-refractivity contribution is -0.384. The van der Waals surface area contributed by atoms with Crippen LogP contribution in [-0.4, -0.2) is 30.0 Å². The fraction of sp³-hybridized carbons (Fsp3) is 0.100. The van der Waals surface area contributed by atoms with Crippen molar-refractivity contribution in [3.8, 4) is 0 Å². The fourth-order valence-electron chi connectivity index (χ4n) is 1.01. The topological polar surface area (TPSA) is 114 Å². The van der Waals surface area contributed by atoms with Gasteiger partial charge in [-0.1, -0.05) is 0 Å². The number of nitrogens with one attached hydrogen (secondary N) is 2. The van der Waals surface area contributed by atoms with Gasteiger partial charge in [0.05, 0.1) is 11.1 Å². The predicted molar refractivity (Wildman–Crippen MR) is 62.9 cm³/mol. The maximum Gasteiger partial charge on any atom is 0.329 e. The highest BCUT2D eigenvalue weighted by molar-refractivity contribution is 6.34. The Hall–Kier alpha value is -2.77. The second-order valence-electron chi connectivity index (χ2n) is 3.13. The van der Waals surface area contributed by atoms with Crippen molar-refractivity contribution < 1.29 is 14.5 Å². The molecule has 0 aromatic heterocycles. The van der Waals surface area contributed by atoms with Gasteiger partial charge >= 0.3 is 11.8 Å². The van der Waals surface area contributed by atoms with Gasteiger partial charge in [0.25, 0.3) is 5.69 Å². The number of nitrogens with zero attached hydrogens (tertiary/aromatic N) is 2. The Morgan fingerprint density at radius 1 is 1.28 bits per heavy atom. The second kappa shape index (κ2) is 6.09. The smallest absolute Gasteiger partial charge is 0.329 e. The molecule has 8 heteroatoms. The van der Waals surface area contributed by atoms with Crippen LogP contribution in [0.3, 0.4) is 0 Å². The summed E-state index contributed by atoms with van der Waals surface area (Å²) < 4.78 is 0. The Morgan fingerprint density at radius 3 is 2.39 bits per heavy atom. The van der Waals surface area contributed by atoms with Crippen LogP contribution in [0.2, 0.25) is 0 Å². The van der Waals surface area contributed by atoms with Gasteiger partial charge in [-0.3, -0.25) is 19.7 Å². The molecule has 0 aliphatic heterocycles. The number of non-ortho nitro benzene ring substituents is 1. The van der Waals surface area contributed by atoms with Crippen LogP contribution in [0.1, 0.15) is 5.56 Å². The largest absolute Gasteiger partial charge is 0.351 e. The number of hydrazone groups is 1. The molecule has 1 aromatic carbocycles. The van der Waals surface area contributed by atoms with Crippen LogP contribution < -0.4 is 10.7 Å². The van der Waals surface area contributed by atoms with E-state index in [0.29, 0.717) is 5.56 Å². The van der Waals surface area contributed by atoms with Crippen molar-refractivity contribution in [2.24, 2.45) is 5.10 Å². The second-order valence-corrected chi connectivity index (χ2v) is 3.13. The van der Waals surface area contributed by atoms with E-state index in [4.69, 9.17) is 0 Å². The van der Waals surface area contributed by atoms with Crippen LogP contribution in [0, 0.1) is 10.1 Å². The van der Waals surface area contributed by atoms with E-state index in [2.05, 4.69) is 10.4 Å². The van der Waals surface area contributed by atoms with Crippen molar-refractivity contribution in [3.63, 3.8) is 0 Å². The van der Waals surface area contributed by atoms with Gasteiger partial charge in [0.15, 0.2) is 0 Å². The summed E-state index contributed by atoms with van der Waals surface area (Å²) in [6.07, 6.45) is 1.27. The maximum atomic E-state index is 11.0. The fourth-order valence-corrected chi connectivity index (χ4v) is 1.01. The third kappa shape index (κ3) is 3.67. The number of carbonyl (C=O) groups excluding carboxylic acids is 2. The van der Waals surface area contributed by atoms with E-state index in [9.17, 15) is 19.7 Å². The zero-order valence-corrected chi connectivity index (χ0v) is 9.41. The first-order chi connectivity index (χ1) is 8.54. The molecule has 18 heavy (non-hydrogen) atoms. The Labute approximate surface area is 102 Å². The lowest BCUT2D eigenvalue weighted by Crippen LogP contribution is -2.35. The lowest BCUT2D eigenvalue weighted by Gasteiger charge is -1.97. The highest BCUT2D eigenvalue weighted by Crippen LogP contribution is 2.10. The van der Waals surface area contributed by atoms with Crippen LogP contribution in [-0.2, 0) is 9.59 Å². The monoisotopic (exact) mass is 250 g/mol. The van der Waals surface area contributed by atoms with E-state index < -0.39 is 16.7 Å². The van der Waals surface area contributed by atoms with Gasteiger partial charge in [0.2, 0.25) is 0 Å². The minimum absolute atomic E-state index is 0.0402. The normalized spacial score (nSPS) is 10.1. The molecule has 8 nitrogen and oxygen atoms in total. The molecule has 0 saturated carbocycles. The van der Waals surface area contributed by atoms with Crippen molar-refractivity contribution in [1.29, 1.82) is 0 Å². The molecule has 0 atom stereocenters. The molecule has 1 rings (SSSR count). The number of benzene rings is 1. The number of nitro benzene ring substituents is 1. The van der Waals surface area contributed by atoms with Gasteiger partial charge in [-0.2, -0.15) is 5.10 Å². The first-order valence-corrected chi connectivity index (χ1v) is 4.84. The highest BCUT2D eigenvalue weighted by Gasteiger charge is 2.08. The van der Waals surface area contributed by atoms with Crippen LogP contribution in [0.5, 0.6) is 0 Å². The minimum Gasteiger partial charge on any atom is -0.351 e. The van der Waals surface area contributed by atoms with Crippen LogP contribution in [0.25, 0.3) is 0 Å². The SMILES string of the molecule is CNC(=O)C(=O)N/N=C\c1ccc([N+](=O)[O-])cc1. The Kier molecular flexibility index (Phi) is 4.50. The zero-order chi connectivity index (χ0) is 13.5. The van der Waals surface area contributed by atoms with E-state index in [1.54, 1.807) is 0 Å². The number of carbonyl (C=O) groups is 2. The van der Waals surface area contributed by atoms with Crippen LogP contribution >= 0.6 is 0 Å². The van der Waals surface area contributed by atoms with E-state index in [1.807, 2.05) is 5.43 Å². The summed E-state index contributed by atoms with van der Waals surface area (Å²) in [5.41, 5.74) is 2.52. The van der Waals surface area contributed by atoms with Crippen LogP contribution in [0.15, 0.2) is 29.4 Å². The number of hydrogen-bond donors (Lipinski definition) is 2. The third-order valence-corrected chi connectivity index (χ3v) is 1.92. The van der Waals surface area contributed by atoms with Crippen molar-refractivity contribution in [3.05, 3.63) is 39.9 Å². The number of likely N-dealkylation sites (N-methyl/N-ethyl adjacent to an activating group) is 1. The number of amides is 2. The molecule has 0 fully saturated rings. The summed E-state index contributed by atoms with van der Waals surface area (Å²) in [5, 5.41) is 16.1. The van der Waals surface area contributed by atoms with Gasteiger partial charge < -0.3 is 5.32 Å². The van der Waals surface area contributed by atoms with Crippen molar-refractivity contribution in [1.82, 2.24) is 10.7 Å². The minimum atomic E-state index is -0.893. The number of nitro groups is 1. The maximum absolute atomic E-state index is 11.0. The first kappa shape index (κ1) is 13.3. The summed E-state index contributed by atoms with van der Waals surface area (Å²) in [6, 6.07) is 5.55. The average Bonchev–Trinajstić information content (AvgIpc) is 2.38. The zero-order valence-electron chi connectivity index (χ0n) is 9.41. The standard InChI is InChI=1S/C10H10N4O4/c1-11-9(15)10(16)13-12-6-7-2-4-8(5-3-7)14(17)18/h2-6H,1H3,(H,11,15)(H,13,16)/b12-6-. The van der Waals surface area contributed by atoms with Crippen LogP contribution in [0.4, 0.5) is 5.69 Å². The molecule has 1 aromatic rings. The molecule has 0 unspecified atom stereocenters. The Bertz CT molecular complexity index is 495. The predicted octanol–water partition coefficient (Wildman–Crippen LogP) is -0.209. The molecule has 0 spiro atoms. The van der Waals surface area contributed by atoms with Crippen molar-refractivity contribution in [2.45, 2.75) is 0 Å². The van der Waals surface area contributed by atoms with Crippen molar-refractivity contribution in [2.75, 3.05) is 7.05 Å². The average molecular weight is 250 g/mol.